The zero-order valence-corrected chi connectivity index (χ0v) is 13.8. The lowest BCUT2D eigenvalue weighted by atomic mass is 9.94. The number of carbonyl (C=O) groups is 1. The van der Waals surface area contributed by atoms with Gasteiger partial charge in [-0.15, -0.1) is 0 Å². The Morgan fingerprint density at radius 1 is 1.57 bits per heavy atom. The number of rotatable bonds is 6. The first-order valence-electron chi connectivity index (χ1n) is 7.96. The predicted octanol–water partition coefficient (Wildman–Crippen LogP) is 2.20. The fourth-order valence-corrected chi connectivity index (χ4v) is 2.90. The number of aliphatic hydroxyl groups is 1. The van der Waals surface area contributed by atoms with Crippen molar-refractivity contribution in [2.45, 2.75) is 64.5 Å². The third kappa shape index (κ3) is 5.01. The minimum atomic E-state index is -1.46. The maximum absolute atomic E-state index is 11.7. The Kier molecular flexibility index (Phi) is 7.21. The van der Waals surface area contributed by atoms with Crippen LogP contribution < -0.4 is 0 Å². The smallest absolute Gasteiger partial charge is 0.339 e. The van der Waals surface area contributed by atoms with Gasteiger partial charge in [0.25, 0.3) is 0 Å². The third-order valence-corrected chi connectivity index (χ3v) is 4.23. The fraction of sp³-hybridized carbons (Fsp3) is 0.824. The van der Waals surface area contributed by atoms with Crippen LogP contribution in [0.15, 0.2) is 0 Å². The number of nitrogens with zero attached hydrogens (tertiary/aromatic N) is 1. The lowest BCUT2D eigenvalue weighted by Gasteiger charge is -2.33. The van der Waals surface area contributed by atoms with Gasteiger partial charge in [-0.05, 0) is 32.7 Å². The summed E-state index contributed by atoms with van der Waals surface area (Å²) in [6, 6.07) is -0.204. The zero-order chi connectivity index (χ0) is 15.9. The number of likely N-dealkylation sites (tertiary alicyclic amines) is 1. The molecule has 0 unspecified atom stereocenters. The number of hydrogen-bond acceptors (Lipinski definition) is 4. The second-order valence-electron chi connectivity index (χ2n) is 6.13. The van der Waals surface area contributed by atoms with E-state index in [2.05, 4.69) is 30.6 Å². The van der Waals surface area contributed by atoms with Gasteiger partial charge < -0.3 is 9.84 Å². The van der Waals surface area contributed by atoms with E-state index in [4.69, 9.17) is 4.74 Å². The van der Waals surface area contributed by atoms with Crippen LogP contribution in [-0.4, -0.2) is 47.8 Å². The molecule has 0 radical (unpaired) electrons. The molecule has 0 aromatic heterocycles. The zero-order valence-electron chi connectivity index (χ0n) is 13.8. The van der Waals surface area contributed by atoms with Crippen LogP contribution in [0.1, 0.15) is 52.9 Å². The molecule has 0 bridgehead atoms. The molecule has 1 aliphatic rings. The molecular weight excluding hydrogens is 266 g/mol. The Morgan fingerprint density at radius 3 is 2.90 bits per heavy atom. The minimum Gasteiger partial charge on any atom is -0.467 e. The van der Waals surface area contributed by atoms with Crippen molar-refractivity contribution >= 4 is 5.97 Å². The monoisotopic (exact) mass is 295 g/mol. The molecule has 1 saturated heterocycles. The maximum Gasteiger partial charge on any atom is 0.339 e. The molecule has 1 aliphatic heterocycles. The van der Waals surface area contributed by atoms with E-state index in [1.165, 1.54) is 20.0 Å². The number of ether oxygens (including phenoxy) is 1. The van der Waals surface area contributed by atoms with Gasteiger partial charge in [-0.1, -0.05) is 38.5 Å². The van der Waals surface area contributed by atoms with Crippen molar-refractivity contribution < 1.29 is 14.6 Å². The van der Waals surface area contributed by atoms with Crippen molar-refractivity contribution in [3.8, 4) is 11.8 Å². The Balaban J connectivity index is 2.59. The Hall–Kier alpha value is -1.05. The first-order valence-corrected chi connectivity index (χ1v) is 7.96. The van der Waals surface area contributed by atoms with Gasteiger partial charge in [0, 0.05) is 12.0 Å². The van der Waals surface area contributed by atoms with Crippen LogP contribution in [0.3, 0.4) is 0 Å². The van der Waals surface area contributed by atoms with E-state index in [1.807, 2.05) is 0 Å². The van der Waals surface area contributed by atoms with Crippen molar-refractivity contribution in [3.63, 3.8) is 0 Å². The van der Waals surface area contributed by atoms with E-state index in [1.54, 1.807) is 6.92 Å². The highest BCUT2D eigenvalue weighted by Gasteiger charge is 2.45. The van der Waals surface area contributed by atoms with Gasteiger partial charge >= 0.3 is 5.97 Å². The standard InChI is InChI=1S/C17H29NO3/c1-5-6-9-14(2)10-7-12-18-13-8-11-15(18)17(3,20)16(19)21-4/h14-15,20H,5-6,8-9,11-13H2,1-4H3/t14-,15+,17-/m1/s1. The maximum atomic E-state index is 11.7. The van der Waals surface area contributed by atoms with Crippen molar-refractivity contribution in [1.29, 1.82) is 0 Å². The molecule has 4 nitrogen and oxygen atoms in total. The summed E-state index contributed by atoms with van der Waals surface area (Å²) in [5.74, 6) is 6.32. The highest BCUT2D eigenvalue weighted by molar-refractivity contribution is 5.79. The third-order valence-electron chi connectivity index (χ3n) is 4.23. The van der Waals surface area contributed by atoms with Crippen LogP contribution in [0.25, 0.3) is 0 Å². The molecule has 21 heavy (non-hydrogen) atoms. The summed E-state index contributed by atoms with van der Waals surface area (Å²) in [7, 11) is 1.31. The number of carbonyl (C=O) groups excluding carboxylic acids is 1. The fourth-order valence-electron chi connectivity index (χ4n) is 2.90. The van der Waals surface area contributed by atoms with E-state index in [0.29, 0.717) is 12.5 Å². The van der Waals surface area contributed by atoms with Gasteiger partial charge in [0.15, 0.2) is 5.60 Å². The largest absolute Gasteiger partial charge is 0.467 e. The molecule has 0 saturated carbocycles. The van der Waals surface area contributed by atoms with Gasteiger partial charge in [-0.3, -0.25) is 4.90 Å². The second kappa shape index (κ2) is 8.41. The van der Waals surface area contributed by atoms with Crippen LogP contribution in [0.4, 0.5) is 0 Å². The van der Waals surface area contributed by atoms with Crippen molar-refractivity contribution in [2.75, 3.05) is 20.2 Å². The van der Waals surface area contributed by atoms with E-state index >= 15 is 0 Å². The quantitative estimate of drug-likeness (QED) is 0.603. The average molecular weight is 295 g/mol. The van der Waals surface area contributed by atoms with Gasteiger partial charge in [0.2, 0.25) is 0 Å². The molecule has 0 aromatic rings. The van der Waals surface area contributed by atoms with E-state index in [0.717, 1.165) is 25.8 Å². The summed E-state index contributed by atoms with van der Waals surface area (Å²) in [5.41, 5.74) is -1.46. The number of unbranched alkanes of at least 4 members (excludes halogenated alkanes) is 1. The van der Waals surface area contributed by atoms with E-state index < -0.39 is 11.6 Å². The highest BCUT2D eigenvalue weighted by Crippen LogP contribution is 2.27. The second-order valence-corrected chi connectivity index (χ2v) is 6.13. The summed E-state index contributed by atoms with van der Waals surface area (Å²) in [6.45, 7) is 7.35. The molecule has 0 aromatic carbocycles. The van der Waals surface area contributed by atoms with Crippen molar-refractivity contribution in [1.82, 2.24) is 4.90 Å². The number of esters is 1. The molecule has 0 amide bonds. The topological polar surface area (TPSA) is 49.8 Å². The van der Waals surface area contributed by atoms with Crippen molar-refractivity contribution in [2.24, 2.45) is 5.92 Å². The van der Waals surface area contributed by atoms with Crippen LogP contribution in [-0.2, 0) is 9.53 Å². The molecule has 3 atom stereocenters. The first-order chi connectivity index (χ1) is 9.93. The Bertz CT molecular complexity index is 395. The molecule has 0 aliphatic carbocycles. The molecule has 1 heterocycles. The van der Waals surface area contributed by atoms with E-state index in [9.17, 15) is 9.90 Å². The lowest BCUT2D eigenvalue weighted by molar-refractivity contribution is -0.166. The lowest BCUT2D eigenvalue weighted by Crippen LogP contribution is -2.53. The summed E-state index contributed by atoms with van der Waals surface area (Å²) >= 11 is 0. The van der Waals surface area contributed by atoms with Gasteiger partial charge in [-0.25, -0.2) is 4.79 Å². The van der Waals surface area contributed by atoms with Gasteiger partial charge in [0.1, 0.15) is 0 Å². The van der Waals surface area contributed by atoms with Crippen LogP contribution >= 0.6 is 0 Å². The molecule has 4 heteroatoms. The summed E-state index contributed by atoms with van der Waals surface area (Å²) in [6.07, 6.45) is 5.31. The van der Waals surface area contributed by atoms with Crippen LogP contribution in [0, 0.1) is 17.8 Å². The van der Waals surface area contributed by atoms with E-state index in [-0.39, 0.29) is 6.04 Å². The van der Waals surface area contributed by atoms with Crippen LogP contribution in [0.5, 0.6) is 0 Å². The summed E-state index contributed by atoms with van der Waals surface area (Å²) < 4.78 is 4.71. The first kappa shape index (κ1) is 18.0. The normalized spacial score (nSPS) is 23.0. The predicted molar refractivity (Wildman–Crippen MR) is 83.7 cm³/mol. The Morgan fingerprint density at radius 2 is 2.29 bits per heavy atom. The SMILES string of the molecule is CCCC[C@@H](C)C#CCN1CCC[C@H]1[C@@](C)(O)C(=O)OC. The molecule has 120 valence electrons. The minimum absolute atomic E-state index is 0.204. The molecule has 0 spiro atoms. The molecular formula is C17H29NO3. The number of methoxy groups -OCH3 is 1. The van der Waals surface area contributed by atoms with Gasteiger partial charge in [-0.2, -0.15) is 0 Å². The molecule has 1 N–H and O–H groups in total. The average Bonchev–Trinajstić information content (AvgIpc) is 2.93. The van der Waals surface area contributed by atoms with Crippen LogP contribution in [0.2, 0.25) is 0 Å². The number of hydrogen-bond donors (Lipinski definition) is 1. The highest BCUT2D eigenvalue weighted by atomic mass is 16.5. The molecule has 1 fully saturated rings. The Labute approximate surface area is 128 Å². The summed E-state index contributed by atoms with van der Waals surface area (Å²) in [5, 5.41) is 10.4. The molecule has 1 rings (SSSR count). The van der Waals surface area contributed by atoms with Crippen molar-refractivity contribution in [3.05, 3.63) is 0 Å². The van der Waals surface area contributed by atoms with Gasteiger partial charge in [0.05, 0.1) is 13.7 Å². The summed E-state index contributed by atoms with van der Waals surface area (Å²) in [4.78, 5) is 13.8.